The van der Waals surface area contributed by atoms with Gasteiger partial charge in [-0.1, -0.05) is 37.5 Å². The number of rotatable bonds is 7. The average molecular weight is 475 g/mol. The molecular weight excluding hydrogens is 444 g/mol. The molecule has 0 spiro atoms. The van der Waals surface area contributed by atoms with E-state index in [0.29, 0.717) is 12.5 Å². The third kappa shape index (κ3) is 4.04. The molecule has 1 N–H and O–H groups in total. The first-order valence-electron chi connectivity index (χ1n) is 12.5. The lowest BCUT2D eigenvalue weighted by molar-refractivity contribution is -0.127. The van der Waals surface area contributed by atoms with Gasteiger partial charge in [0.2, 0.25) is 5.91 Å². The Hall–Kier alpha value is -3.00. The van der Waals surface area contributed by atoms with E-state index >= 15 is 0 Å². The molecule has 0 atom stereocenters. The maximum absolute atomic E-state index is 11.9. The van der Waals surface area contributed by atoms with Gasteiger partial charge in [-0.2, -0.15) is 0 Å². The number of likely N-dealkylation sites (tertiary alicyclic amines) is 1. The predicted octanol–water partition coefficient (Wildman–Crippen LogP) is 5.64. The van der Waals surface area contributed by atoms with E-state index in [0.717, 1.165) is 60.8 Å². The summed E-state index contributed by atoms with van der Waals surface area (Å²) < 4.78 is 3.52. The van der Waals surface area contributed by atoms with Crippen molar-refractivity contribution in [2.75, 3.05) is 25.0 Å². The van der Waals surface area contributed by atoms with Gasteiger partial charge >= 0.3 is 0 Å². The summed E-state index contributed by atoms with van der Waals surface area (Å²) in [4.78, 5) is 28.7. The summed E-state index contributed by atoms with van der Waals surface area (Å²) in [5.41, 5.74) is 2.83. The van der Waals surface area contributed by atoms with Crippen molar-refractivity contribution >= 4 is 44.3 Å². The molecule has 0 bridgehead atoms. The summed E-state index contributed by atoms with van der Waals surface area (Å²) in [7, 11) is 0. The van der Waals surface area contributed by atoms with Crippen molar-refractivity contribution in [2.45, 2.75) is 57.4 Å². The lowest BCUT2D eigenvalue weighted by atomic mass is 9.95. The lowest BCUT2D eigenvalue weighted by Gasteiger charge is -2.23. The summed E-state index contributed by atoms with van der Waals surface area (Å²) in [6.07, 6.45) is 10.7. The van der Waals surface area contributed by atoms with Crippen molar-refractivity contribution < 1.29 is 4.79 Å². The standard InChI is InChI=1S/C26H30N6OS/c33-22-12-6-14-31(22)15-7-13-27-25-23-26(32(17-28-23)18-8-2-1-3-9-18)30-24(29-25)20-16-34-21-11-5-4-10-19(20)21/h4-5,10-11,16-18H,1-3,6-9,12-15H2,(H,27,29,30). The van der Waals surface area contributed by atoms with Crippen molar-refractivity contribution in [3.05, 3.63) is 36.0 Å². The van der Waals surface area contributed by atoms with E-state index in [1.54, 1.807) is 11.3 Å². The first-order valence-corrected chi connectivity index (χ1v) is 13.4. The maximum Gasteiger partial charge on any atom is 0.222 e. The van der Waals surface area contributed by atoms with Gasteiger partial charge in [0.05, 0.1) is 6.33 Å². The van der Waals surface area contributed by atoms with Crippen LogP contribution in [-0.4, -0.2) is 50.0 Å². The van der Waals surface area contributed by atoms with E-state index in [1.807, 2.05) is 11.2 Å². The number of anilines is 1. The van der Waals surface area contributed by atoms with Gasteiger partial charge < -0.3 is 14.8 Å². The SMILES string of the molecule is O=C1CCCN1CCCNc1nc(-c2csc3ccccc23)nc2c1ncn2C1CCCCC1. The van der Waals surface area contributed by atoms with Crippen molar-refractivity contribution in [1.29, 1.82) is 0 Å². The highest BCUT2D eigenvalue weighted by atomic mass is 32.1. The van der Waals surface area contributed by atoms with E-state index in [-0.39, 0.29) is 5.91 Å². The molecule has 4 heterocycles. The zero-order valence-electron chi connectivity index (χ0n) is 19.4. The molecule has 8 heteroatoms. The molecule has 34 heavy (non-hydrogen) atoms. The smallest absolute Gasteiger partial charge is 0.222 e. The fourth-order valence-electron chi connectivity index (χ4n) is 5.35. The first kappa shape index (κ1) is 21.5. The molecule has 1 saturated heterocycles. The van der Waals surface area contributed by atoms with Crippen LogP contribution in [0.15, 0.2) is 36.0 Å². The summed E-state index contributed by atoms with van der Waals surface area (Å²) in [6, 6.07) is 8.89. The minimum atomic E-state index is 0.280. The molecule has 1 amide bonds. The molecule has 3 aromatic heterocycles. The third-order valence-electron chi connectivity index (χ3n) is 7.18. The van der Waals surface area contributed by atoms with E-state index < -0.39 is 0 Å². The second-order valence-corrected chi connectivity index (χ2v) is 10.3. The van der Waals surface area contributed by atoms with Gasteiger partial charge in [-0.25, -0.2) is 15.0 Å². The summed E-state index contributed by atoms with van der Waals surface area (Å²) in [5.74, 6) is 1.82. The Labute approximate surface area is 203 Å². The van der Waals surface area contributed by atoms with Crippen molar-refractivity contribution in [3.8, 4) is 11.4 Å². The summed E-state index contributed by atoms with van der Waals surface area (Å²) >= 11 is 1.73. The highest BCUT2D eigenvalue weighted by molar-refractivity contribution is 7.17. The fraction of sp³-hybridized carbons (Fsp3) is 0.462. The van der Waals surface area contributed by atoms with Crippen LogP contribution in [0.5, 0.6) is 0 Å². The van der Waals surface area contributed by atoms with Gasteiger partial charge in [0, 0.05) is 53.1 Å². The molecule has 1 aromatic carbocycles. The van der Waals surface area contributed by atoms with Gasteiger partial charge in [0.25, 0.3) is 0 Å². The number of nitrogens with zero attached hydrogens (tertiary/aromatic N) is 5. The Balaban J connectivity index is 1.34. The fourth-order valence-corrected chi connectivity index (χ4v) is 6.29. The van der Waals surface area contributed by atoms with Gasteiger partial charge in [-0.05, 0) is 31.7 Å². The largest absolute Gasteiger partial charge is 0.368 e. The zero-order chi connectivity index (χ0) is 22.9. The molecule has 2 fully saturated rings. The number of fused-ring (bicyclic) bond motifs is 2. The quantitative estimate of drug-likeness (QED) is 0.351. The second-order valence-electron chi connectivity index (χ2n) is 9.42. The molecule has 1 saturated carbocycles. The Morgan fingerprint density at radius 3 is 2.82 bits per heavy atom. The molecular formula is C26H30N6OS. The van der Waals surface area contributed by atoms with Crippen LogP contribution >= 0.6 is 11.3 Å². The normalized spacial score (nSPS) is 17.3. The Bertz CT molecular complexity index is 1320. The number of amides is 1. The monoisotopic (exact) mass is 474 g/mol. The molecule has 4 aromatic rings. The summed E-state index contributed by atoms with van der Waals surface area (Å²) in [5, 5.41) is 6.88. The molecule has 6 rings (SSSR count). The van der Waals surface area contributed by atoms with Crippen LogP contribution in [0.4, 0.5) is 5.82 Å². The molecule has 0 unspecified atom stereocenters. The van der Waals surface area contributed by atoms with E-state index in [9.17, 15) is 4.79 Å². The van der Waals surface area contributed by atoms with Crippen LogP contribution in [-0.2, 0) is 4.79 Å². The Morgan fingerprint density at radius 1 is 1.09 bits per heavy atom. The zero-order valence-corrected chi connectivity index (χ0v) is 20.2. The average Bonchev–Trinajstić information content (AvgIpc) is 3.60. The van der Waals surface area contributed by atoms with Gasteiger partial charge in [0.15, 0.2) is 17.3 Å². The number of hydrogen-bond acceptors (Lipinski definition) is 6. The summed E-state index contributed by atoms with van der Waals surface area (Å²) in [6.45, 7) is 2.42. The molecule has 2 aliphatic rings. The van der Waals surface area contributed by atoms with Gasteiger partial charge in [-0.3, -0.25) is 4.79 Å². The highest BCUT2D eigenvalue weighted by Gasteiger charge is 2.22. The number of carbonyl (C=O) groups is 1. The van der Waals surface area contributed by atoms with Crippen LogP contribution in [0, 0.1) is 0 Å². The van der Waals surface area contributed by atoms with Crippen LogP contribution in [0.1, 0.15) is 57.4 Å². The van der Waals surface area contributed by atoms with E-state index in [4.69, 9.17) is 15.0 Å². The van der Waals surface area contributed by atoms with Crippen LogP contribution < -0.4 is 5.32 Å². The van der Waals surface area contributed by atoms with Crippen molar-refractivity contribution in [3.63, 3.8) is 0 Å². The molecule has 0 radical (unpaired) electrons. The van der Waals surface area contributed by atoms with Crippen LogP contribution in [0.25, 0.3) is 32.6 Å². The molecule has 176 valence electrons. The number of carbonyl (C=O) groups excluding carboxylic acids is 1. The van der Waals surface area contributed by atoms with Crippen LogP contribution in [0.3, 0.4) is 0 Å². The highest BCUT2D eigenvalue weighted by Crippen LogP contribution is 2.36. The minimum Gasteiger partial charge on any atom is -0.368 e. The minimum absolute atomic E-state index is 0.280. The van der Waals surface area contributed by atoms with E-state index in [2.05, 4.69) is 39.5 Å². The number of imidazole rings is 1. The van der Waals surface area contributed by atoms with Crippen molar-refractivity contribution in [1.82, 2.24) is 24.4 Å². The molecule has 1 aliphatic heterocycles. The number of thiophene rings is 1. The molecule has 7 nitrogen and oxygen atoms in total. The number of benzene rings is 1. The topological polar surface area (TPSA) is 75.9 Å². The van der Waals surface area contributed by atoms with Crippen LogP contribution in [0.2, 0.25) is 0 Å². The Morgan fingerprint density at radius 2 is 1.97 bits per heavy atom. The second kappa shape index (κ2) is 9.33. The molecule has 1 aliphatic carbocycles. The number of nitrogens with one attached hydrogen (secondary N) is 1. The van der Waals surface area contributed by atoms with Gasteiger partial charge in [-0.15, -0.1) is 11.3 Å². The predicted molar refractivity (Wildman–Crippen MR) is 137 cm³/mol. The lowest BCUT2D eigenvalue weighted by Crippen LogP contribution is -2.27. The third-order valence-corrected chi connectivity index (χ3v) is 8.14. The van der Waals surface area contributed by atoms with Gasteiger partial charge in [0.1, 0.15) is 5.52 Å². The maximum atomic E-state index is 11.9. The number of hydrogen-bond donors (Lipinski definition) is 1. The number of aromatic nitrogens is 4. The van der Waals surface area contributed by atoms with E-state index in [1.165, 1.54) is 42.2 Å². The Kier molecular flexibility index (Phi) is 5.91. The first-order chi connectivity index (χ1) is 16.8. The van der Waals surface area contributed by atoms with Crippen molar-refractivity contribution in [2.24, 2.45) is 0 Å².